The van der Waals surface area contributed by atoms with E-state index in [1.54, 1.807) is 7.11 Å². The molecule has 17 heavy (non-hydrogen) atoms. The molecule has 1 N–H and O–H groups in total. The Morgan fingerprint density at radius 1 is 1.59 bits per heavy atom. The van der Waals surface area contributed by atoms with Crippen molar-refractivity contribution in [2.45, 2.75) is 6.54 Å². The van der Waals surface area contributed by atoms with E-state index >= 15 is 0 Å². The number of halogens is 1. The van der Waals surface area contributed by atoms with Crippen LogP contribution in [0.3, 0.4) is 0 Å². The quantitative estimate of drug-likeness (QED) is 0.923. The fraction of sp³-hybridized carbons (Fsp3) is 0.417. The Balaban J connectivity index is 1.94. The highest BCUT2D eigenvalue weighted by Gasteiger charge is 2.32. The second-order valence-electron chi connectivity index (χ2n) is 4.19. The van der Waals surface area contributed by atoms with Gasteiger partial charge in [0, 0.05) is 24.1 Å². The standard InChI is InChI=1S/C12H14BrNO3/c1-17-10-3-2-8(11(13)4-10)5-14-6-9(7-14)12(15)16/h2-4,9H,5-7H2,1H3,(H,15,16). The first-order valence-corrected chi connectivity index (χ1v) is 6.17. The molecule has 1 heterocycles. The van der Waals surface area contributed by atoms with Crippen LogP contribution in [0.2, 0.25) is 0 Å². The number of hydrogen-bond acceptors (Lipinski definition) is 3. The van der Waals surface area contributed by atoms with Crippen LogP contribution in [-0.4, -0.2) is 36.2 Å². The zero-order valence-electron chi connectivity index (χ0n) is 9.52. The lowest BCUT2D eigenvalue weighted by atomic mass is 10.00. The minimum atomic E-state index is -0.699. The molecule has 1 aliphatic heterocycles. The summed E-state index contributed by atoms with van der Waals surface area (Å²) in [6, 6.07) is 5.83. The first kappa shape index (κ1) is 12.4. The predicted molar refractivity (Wildman–Crippen MR) is 67.1 cm³/mol. The molecule has 4 nitrogen and oxygen atoms in total. The Hall–Kier alpha value is -1.07. The number of rotatable bonds is 4. The summed E-state index contributed by atoms with van der Waals surface area (Å²) in [5.74, 6) is -0.0882. The van der Waals surface area contributed by atoms with Crippen LogP contribution in [0.15, 0.2) is 22.7 Å². The van der Waals surface area contributed by atoms with E-state index in [0.29, 0.717) is 13.1 Å². The molecule has 0 spiro atoms. The lowest BCUT2D eigenvalue weighted by molar-refractivity contribution is -0.147. The minimum Gasteiger partial charge on any atom is -0.497 e. The van der Waals surface area contributed by atoms with E-state index in [1.165, 1.54) is 0 Å². The first-order valence-electron chi connectivity index (χ1n) is 5.37. The molecular weight excluding hydrogens is 286 g/mol. The van der Waals surface area contributed by atoms with Crippen LogP contribution >= 0.6 is 15.9 Å². The molecule has 5 heteroatoms. The number of ether oxygens (including phenoxy) is 1. The van der Waals surface area contributed by atoms with Crippen LogP contribution in [-0.2, 0) is 11.3 Å². The fourth-order valence-electron chi connectivity index (χ4n) is 1.88. The number of nitrogens with zero attached hydrogens (tertiary/aromatic N) is 1. The van der Waals surface area contributed by atoms with Gasteiger partial charge in [0.05, 0.1) is 13.0 Å². The number of aliphatic carboxylic acids is 1. The van der Waals surface area contributed by atoms with Crippen LogP contribution in [0.1, 0.15) is 5.56 Å². The second-order valence-corrected chi connectivity index (χ2v) is 5.04. The maximum Gasteiger partial charge on any atom is 0.309 e. The molecular formula is C12H14BrNO3. The van der Waals surface area contributed by atoms with E-state index in [9.17, 15) is 4.79 Å². The minimum absolute atomic E-state index is 0.202. The number of carbonyl (C=O) groups is 1. The van der Waals surface area contributed by atoms with Crippen molar-refractivity contribution < 1.29 is 14.6 Å². The van der Waals surface area contributed by atoms with E-state index in [0.717, 1.165) is 22.3 Å². The molecule has 92 valence electrons. The molecule has 1 saturated heterocycles. The van der Waals surface area contributed by atoms with Crippen LogP contribution in [0.25, 0.3) is 0 Å². The Labute approximate surface area is 108 Å². The molecule has 0 unspecified atom stereocenters. The number of hydrogen-bond donors (Lipinski definition) is 1. The monoisotopic (exact) mass is 299 g/mol. The summed E-state index contributed by atoms with van der Waals surface area (Å²) < 4.78 is 6.12. The first-order chi connectivity index (χ1) is 8.10. The summed E-state index contributed by atoms with van der Waals surface area (Å²) in [6.45, 7) is 2.04. The van der Waals surface area contributed by atoms with Crippen LogP contribution < -0.4 is 4.74 Å². The van der Waals surface area contributed by atoms with E-state index in [2.05, 4.69) is 20.8 Å². The van der Waals surface area contributed by atoms with Gasteiger partial charge in [0.2, 0.25) is 0 Å². The molecule has 1 aliphatic rings. The normalized spacial score (nSPS) is 16.6. The Kier molecular flexibility index (Phi) is 3.69. The zero-order valence-corrected chi connectivity index (χ0v) is 11.1. The topological polar surface area (TPSA) is 49.8 Å². The molecule has 0 radical (unpaired) electrons. The summed E-state index contributed by atoms with van der Waals surface area (Å²) in [7, 11) is 1.63. The highest BCUT2D eigenvalue weighted by Crippen LogP contribution is 2.26. The zero-order chi connectivity index (χ0) is 12.4. The third kappa shape index (κ3) is 2.79. The third-order valence-electron chi connectivity index (χ3n) is 2.96. The highest BCUT2D eigenvalue weighted by molar-refractivity contribution is 9.10. The van der Waals surface area contributed by atoms with Crippen molar-refractivity contribution in [3.05, 3.63) is 28.2 Å². The van der Waals surface area contributed by atoms with Gasteiger partial charge in [-0.05, 0) is 17.7 Å². The van der Waals surface area contributed by atoms with Gasteiger partial charge in [0.1, 0.15) is 5.75 Å². The van der Waals surface area contributed by atoms with Gasteiger partial charge in [-0.1, -0.05) is 22.0 Å². The smallest absolute Gasteiger partial charge is 0.309 e. The maximum absolute atomic E-state index is 10.7. The van der Waals surface area contributed by atoms with Gasteiger partial charge in [-0.15, -0.1) is 0 Å². The van der Waals surface area contributed by atoms with Crippen molar-refractivity contribution in [1.29, 1.82) is 0 Å². The second kappa shape index (κ2) is 5.06. The van der Waals surface area contributed by atoms with Gasteiger partial charge in [-0.3, -0.25) is 9.69 Å². The maximum atomic E-state index is 10.7. The van der Waals surface area contributed by atoms with Crippen molar-refractivity contribution in [2.24, 2.45) is 5.92 Å². The summed E-state index contributed by atoms with van der Waals surface area (Å²) in [5.41, 5.74) is 1.15. The Bertz CT molecular complexity index is 430. The van der Waals surface area contributed by atoms with Crippen molar-refractivity contribution in [3.63, 3.8) is 0 Å². The average Bonchev–Trinajstić information content (AvgIpc) is 2.23. The van der Waals surface area contributed by atoms with Gasteiger partial charge in [0.15, 0.2) is 0 Å². The van der Waals surface area contributed by atoms with Gasteiger partial charge in [-0.2, -0.15) is 0 Å². The van der Waals surface area contributed by atoms with E-state index in [1.807, 2.05) is 18.2 Å². The van der Waals surface area contributed by atoms with Gasteiger partial charge in [-0.25, -0.2) is 0 Å². The molecule has 2 rings (SSSR count). The van der Waals surface area contributed by atoms with Crippen molar-refractivity contribution in [1.82, 2.24) is 4.90 Å². The Morgan fingerprint density at radius 2 is 2.29 bits per heavy atom. The van der Waals surface area contributed by atoms with Crippen LogP contribution in [0.5, 0.6) is 5.75 Å². The summed E-state index contributed by atoms with van der Waals surface area (Å²) in [4.78, 5) is 12.8. The molecule has 0 saturated carbocycles. The van der Waals surface area contributed by atoms with Crippen LogP contribution in [0, 0.1) is 5.92 Å². The van der Waals surface area contributed by atoms with Gasteiger partial charge >= 0.3 is 5.97 Å². The van der Waals surface area contributed by atoms with Crippen LogP contribution in [0.4, 0.5) is 0 Å². The molecule has 0 aromatic heterocycles. The molecule has 1 aromatic carbocycles. The lowest BCUT2D eigenvalue weighted by Crippen LogP contribution is -2.49. The van der Waals surface area contributed by atoms with E-state index in [-0.39, 0.29) is 5.92 Å². The van der Waals surface area contributed by atoms with Crippen molar-refractivity contribution in [2.75, 3.05) is 20.2 Å². The van der Waals surface area contributed by atoms with Crippen molar-refractivity contribution >= 4 is 21.9 Å². The molecule has 1 aromatic rings. The molecule has 0 aliphatic carbocycles. The van der Waals surface area contributed by atoms with Gasteiger partial charge < -0.3 is 9.84 Å². The number of likely N-dealkylation sites (tertiary alicyclic amines) is 1. The number of methoxy groups -OCH3 is 1. The largest absolute Gasteiger partial charge is 0.497 e. The molecule has 0 amide bonds. The van der Waals surface area contributed by atoms with Crippen molar-refractivity contribution in [3.8, 4) is 5.75 Å². The lowest BCUT2D eigenvalue weighted by Gasteiger charge is -2.36. The SMILES string of the molecule is COc1ccc(CN2CC(C(=O)O)C2)c(Br)c1. The Morgan fingerprint density at radius 3 is 2.82 bits per heavy atom. The average molecular weight is 300 g/mol. The summed E-state index contributed by atoms with van der Waals surface area (Å²) in [5, 5.41) is 8.79. The summed E-state index contributed by atoms with van der Waals surface area (Å²) in [6.07, 6.45) is 0. The van der Waals surface area contributed by atoms with E-state index in [4.69, 9.17) is 9.84 Å². The summed E-state index contributed by atoms with van der Waals surface area (Å²) >= 11 is 3.49. The molecule has 0 bridgehead atoms. The van der Waals surface area contributed by atoms with E-state index < -0.39 is 5.97 Å². The highest BCUT2D eigenvalue weighted by atomic mass is 79.9. The van der Waals surface area contributed by atoms with Gasteiger partial charge in [0.25, 0.3) is 0 Å². The molecule has 0 atom stereocenters. The number of benzene rings is 1. The number of carboxylic acids is 1. The predicted octanol–water partition coefficient (Wildman–Crippen LogP) is 1.97. The fourth-order valence-corrected chi connectivity index (χ4v) is 2.36. The molecule has 1 fully saturated rings. The third-order valence-corrected chi connectivity index (χ3v) is 3.70. The number of carboxylic acid groups (broad SMARTS) is 1.